The number of nitrogen functional groups attached to an aromatic ring is 1. The molecule has 0 spiro atoms. The zero-order valence-electron chi connectivity index (χ0n) is 8.40. The van der Waals surface area contributed by atoms with Gasteiger partial charge in [0.15, 0.2) is 0 Å². The van der Waals surface area contributed by atoms with Gasteiger partial charge in [-0.3, -0.25) is 0 Å². The van der Waals surface area contributed by atoms with Crippen LogP contribution >= 0.6 is 15.9 Å². The van der Waals surface area contributed by atoms with Crippen LogP contribution in [-0.4, -0.2) is 15.0 Å². The van der Waals surface area contributed by atoms with Crippen LogP contribution in [0.15, 0.2) is 34.2 Å². The Bertz CT molecular complexity index is 513. The molecule has 0 bridgehead atoms. The minimum atomic E-state index is -3.79. The lowest BCUT2D eigenvalue weighted by Gasteiger charge is -2.11. The first-order valence-corrected chi connectivity index (χ1v) is 6.64. The van der Waals surface area contributed by atoms with E-state index < -0.39 is 10.0 Å². The number of primary sulfonamides is 1. The molecule has 0 atom stereocenters. The molecule has 7 heteroatoms. The van der Waals surface area contributed by atoms with E-state index in [1.807, 2.05) is 0 Å². The second-order valence-electron chi connectivity index (χ2n) is 3.13. The van der Waals surface area contributed by atoms with Gasteiger partial charge in [-0.15, -0.1) is 0 Å². The Morgan fingerprint density at radius 2 is 2.12 bits per heavy atom. The summed E-state index contributed by atoms with van der Waals surface area (Å²) in [6.45, 7) is 4.08. The molecule has 1 aromatic rings. The third-order valence-corrected chi connectivity index (χ3v) is 3.09. The van der Waals surface area contributed by atoms with Crippen molar-refractivity contribution in [2.24, 2.45) is 5.14 Å². The number of halogens is 1. The number of hydrogen-bond acceptors (Lipinski definition) is 4. The molecule has 5 N–H and O–H groups in total. The minimum absolute atomic E-state index is 0.0855. The van der Waals surface area contributed by atoms with Gasteiger partial charge in [0.05, 0.1) is 11.4 Å². The molecule has 0 saturated carbocycles. The minimum Gasteiger partial charge on any atom is -0.396 e. The lowest BCUT2D eigenvalue weighted by Crippen LogP contribution is -2.15. The maximum absolute atomic E-state index is 11.2. The van der Waals surface area contributed by atoms with Crippen molar-refractivity contribution in [2.45, 2.75) is 4.90 Å². The van der Waals surface area contributed by atoms with E-state index in [-0.39, 0.29) is 10.6 Å². The fraction of sp³-hybridized carbons (Fsp3) is 0.111. The molecule has 0 amide bonds. The molecule has 0 saturated heterocycles. The van der Waals surface area contributed by atoms with Crippen molar-refractivity contribution in [3.63, 3.8) is 0 Å². The summed E-state index contributed by atoms with van der Waals surface area (Å²) in [5, 5.41) is 7.95. The number of hydrogen-bond donors (Lipinski definition) is 3. The molecule has 0 aliphatic rings. The molecule has 0 aliphatic carbocycles. The monoisotopic (exact) mass is 305 g/mol. The zero-order valence-corrected chi connectivity index (χ0v) is 10.8. The molecule has 0 heterocycles. The highest BCUT2D eigenvalue weighted by Gasteiger charge is 2.14. The molecular weight excluding hydrogens is 294 g/mol. The summed E-state index contributed by atoms with van der Waals surface area (Å²) >= 11 is 3.17. The molecule has 0 aliphatic heterocycles. The second kappa shape index (κ2) is 4.86. The van der Waals surface area contributed by atoms with E-state index in [0.29, 0.717) is 12.2 Å². The van der Waals surface area contributed by atoms with Crippen molar-refractivity contribution >= 4 is 37.3 Å². The van der Waals surface area contributed by atoms with Crippen LogP contribution in [0.5, 0.6) is 0 Å². The summed E-state index contributed by atoms with van der Waals surface area (Å²) in [6.07, 6.45) is 0. The Morgan fingerprint density at radius 1 is 1.50 bits per heavy atom. The quantitative estimate of drug-likeness (QED) is 0.729. The van der Waals surface area contributed by atoms with Gasteiger partial charge in [0, 0.05) is 11.0 Å². The zero-order chi connectivity index (χ0) is 12.3. The number of rotatable bonds is 4. The Balaban J connectivity index is 3.10. The molecule has 1 aromatic carbocycles. The van der Waals surface area contributed by atoms with Crippen molar-refractivity contribution < 1.29 is 8.42 Å². The Labute approximate surface area is 103 Å². The van der Waals surface area contributed by atoms with E-state index in [0.717, 1.165) is 4.48 Å². The lowest BCUT2D eigenvalue weighted by atomic mass is 10.2. The Hall–Kier alpha value is -1.05. The van der Waals surface area contributed by atoms with Gasteiger partial charge < -0.3 is 11.1 Å². The van der Waals surface area contributed by atoms with Crippen LogP contribution < -0.4 is 16.2 Å². The normalized spacial score (nSPS) is 11.1. The third kappa shape index (κ3) is 3.22. The summed E-state index contributed by atoms with van der Waals surface area (Å²) in [4.78, 5) is -0.0855. The van der Waals surface area contributed by atoms with Gasteiger partial charge in [0.25, 0.3) is 0 Å². The molecule has 0 radical (unpaired) electrons. The van der Waals surface area contributed by atoms with E-state index >= 15 is 0 Å². The fourth-order valence-corrected chi connectivity index (χ4v) is 1.96. The predicted molar refractivity (Wildman–Crippen MR) is 68.8 cm³/mol. The smallest absolute Gasteiger partial charge is 0.240 e. The Kier molecular flexibility index (Phi) is 3.95. The highest BCUT2D eigenvalue weighted by atomic mass is 79.9. The average molecular weight is 306 g/mol. The highest BCUT2D eigenvalue weighted by Crippen LogP contribution is 2.25. The first-order valence-electron chi connectivity index (χ1n) is 4.31. The summed E-state index contributed by atoms with van der Waals surface area (Å²) in [7, 11) is -3.79. The molecule has 0 fully saturated rings. The van der Waals surface area contributed by atoms with Gasteiger partial charge in [-0.05, 0) is 12.1 Å². The van der Waals surface area contributed by atoms with Crippen molar-refractivity contribution in [3.05, 3.63) is 29.3 Å². The van der Waals surface area contributed by atoms with Gasteiger partial charge in [-0.25, -0.2) is 13.6 Å². The number of nitrogens with one attached hydrogen (secondary N) is 1. The average Bonchev–Trinajstić information content (AvgIpc) is 2.14. The van der Waals surface area contributed by atoms with Crippen LogP contribution in [0.3, 0.4) is 0 Å². The third-order valence-electron chi connectivity index (χ3n) is 1.84. The number of sulfonamides is 1. The highest BCUT2D eigenvalue weighted by molar-refractivity contribution is 9.11. The van der Waals surface area contributed by atoms with Gasteiger partial charge in [0.1, 0.15) is 4.90 Å². The topological polar surface area (TPSA) is 98.2 Å². The van der Waals surface area contributed by atoms with Crippen LogP contribution in [0.1, 0.15) is 0 Å². The number of para-hydroxylation sites is 1. The molecule has 16 heavy (non-hydrogen) atoms. The van der Waals surface area contributed by atoms with Crippen LogP contribution in [0.25, 0.3) is 0 Å². The first kappa shape index (κ1) is 13.0. The standard InChI is InChI=1S/C9H12BrN3O2S/c1-6(10)5-13-7-3-2-4-8(9(7)11)16(12,14)15/h2-4,13H,1,5,11H2,(H2,12,14,15). The molecule has 88 valence electrons. The Morgan fingerprint density at radius 3 is 2.62 bits per heavy atom. The van der Waals surface area contributed by atoms with Gasteiger partial charge >= 0.3 is 0 Å². The summed E-state index contributed by atoms with van der Waals surface area (Å²) < 4.78 is 23.1. The van der Waals surface area contributed by atoms with Crippen molar-refractivity contribution in [1.82, 2.24) is 0 Å². The number of anilines is 2. The van der Waals surface area contributed by atoms with E-state index in [2.05, 4.69) is 27.8 Å². The predicted octanol–water partition coefficient (Wildman–Crippen LogP) is 1.24. The molecule has 0 unspecified atom stereocenters. The summed E-state index contributed by atoms with van der Waals surface area (Å²) in [6, 6.07) is 4.59. The summed E-state index contributed by atoms with van der Waals surface area (Å²) in [5.74, 6) is 0. The lowest BCUT2D eigenvalue weighted by molar-refractivity contribution is 0.598. The number of benzene rings is 1. The fourth-order valence-electron chi connectivity index (χ4n) is 1.14. The summed E-state index contributed by atoms with van der Waals surface area (Å²) in [5.41, 5.74) is 6.31. The van der Waals surface area contributed by atoms with E-state index in [9.17, 15) is 8.42 Å². The van der Waals surface area contributed by atoms with Gasteiger partial charge in [-0.2, -0.15) is 0 Å². The molecule has 5 nitrogen and oxygen atoms in total. The molecular formula is C9H12BrN3O2S. The SMILES string of the molecule is C=C(Br)CNc1cccc(S(N)(=O)=O)c1N. The van der Waals surface area contributed by atoms with Crippen LogP contribution in [-0.2, 0) is 10.0 Å². The van der Waals surface area contributed by atoms with Crippen molar-refractivity contribution in [3.8, 4) is 0 Å². The van der Waals surface area contributed by atoms with Crippen molar-refractivity contribution in [2.75, 3.05) is 17.6 Å². The van der Waals surface area contributed by atoms with E-state index in [1.54, 1.807) is 12.1 Å². The largest absolute Gasteiger partial charge is 0.396 e. The van der Waals surface area contributed by atoms with Gasteiger partial charge in [0.2, 0.25) is 10.0 Å². The van der Waals surface area contributed by atoms with E-state index in [1.165, 1.54) is 6.07 Å². The molecule has 0 aromatic heterocycles. The molecule has 1 rings (SSSR count). The van der Waals surface area contributed by atoms with Crippen LogP contribution in [0.2, 0.25) is 0 Å². The first-order chi connectivity index (χ1) is 7.32. The van der Waals surface area contributed by atoms with Gasteiger partial charge in [-0.1, -0.05) is 28.6 Å². The van der Waals surface area contributed by atoms with Crippen molar-refractivity contribution in [1.29, 1.82) is 0 Å². The van der Waals surface area contributed by atoms with Crippen LogP contribution in [0, 0.1) is 0 Å². The second-order valence-corrected chi connectivity index (χ2v) is 5.78. The number of nitrogens with two attached hydrogens (primary N) is 2. The maximum Gasteiger partial charge on any atom is 0.240 e. The maximum atomic E-state index is 11.2. The van der Waals surface area contributed by atoms with Crippen LogP contribution in [0.4, 0.5) is 11.4 Å². The van der Waals surface area contributed by atoms with E-state index in [4.69, 9.17) is 10.9 Å².